The quantitative estimate of drug-likeness (QED) is 0.590. The zero-order valence-corrected chi connectivity index (χ0v) is 14.8. The van der Waals surface area contributed by atoms with Crippen molar-refractivity contribution in [3.63, 3.8) is 0 Å². The highest BCUT2D eigenvalue weighted by atomic mass is 35.5. The summed E-state index contributed by atoms with van der Waals surface area (Å²) in [4.78, 5) is 10.9. The van der Waals surface area contributed by atoms with E-state index in [4.69, 9.17) is 16.3 Å². The summed E-state index contributed by atoms with van der Waals surface area (Å²) in [6, 6.07) is 10.4. The third kappa shape index (κ3) is 4.98. The number of sulfonamides is 1. The van der Waals surface area contributed by atoms with E-state index < -0.39 is 21.7 Å². The van der Waals surface area contributed by atoms with Crippen molar-refractivity contribution < 1.29 is 23.1 Å². The van der Waals surface area contributed by atoms with Crippen molar-refractivity contribution in [2.24, 2.45) is 0 Å². The number of ether oxygens (including phenoxy) is 1. The van der Waals surface area contributed by atoms with E-state index in [1.807, 2.05) is 0 Å². The number of anilines is 1. The van der Waals surface area contributed by atoms with E-state index in [1.165, 1.54) is 36.4 Å². The van der Waals surface area contributed by atoms with Crippen LogP contribution in [0.3, 0.4) is 0 Å². The minimum absolute atomic E-state index is 0.0534. The number of rotatable bonds is 6. The Morgan fingerprint density at radius 3 is 2.56 bits per heavy atom. The van der Waals surface area contributed by atoms with Crippen molar-refractivity contribution in [3.8, 4) is 5.75 Å². The highest BCUT2D eigenvalue weighted by Crippen LogP contribution is 2.31. The molecule has 0 aliphatic heterocycles. The molecule has 6 nitrogen and oxygen atoms in total. The second-order valence-electron chi connectivity index (χ2n) is 4.90. The monoisotopic (exact) mass is 381 g/mol. The van der Waals surface area contributed by atoms with E-state index in [-0.39, 0.29) is 9.92 Å². The fourth-order valence-electron chi connectivity index (χ4n) is 1.94. The van der Waals surface area contributed by atoms with Crippen molar-refractivity contribution >= 4 is 39.4 Å². The van der Waals surface area contributed by atoms with Gasteiger partial charge in [0, 0.05) is 11.8 Å². The van der Waals surface area contributed by atoms with Crippen LogP contribution in [0.25, 0.3) is 6.08 Å². The second kappa shape index (κ2) is 8.04. The average molecular weight is 382 g/mol. The molecule has 2 rings (SSSR count). The number of benzene rings is 2. The third-order valence-corrected chi connectivity index (χ3v) is 4.82. The number of nitrogens with one attached hydrogen (secondary N) is 1. The summed E-state index contributed by atoms with van der Waals surface area (Å²) in [5.74, 6) is -0.964. The summed E-state index contributed by atoms with van der Waals surface area (Å²) >= 11 is 5.74. The molecule has 2 N–H and O–H groups in total. The maximum absolute atomic E-state index is 12.3. The molecule has 8 heteroatoms. The molecule has 0 aliphatic carbocycles. The molecule has 0 spiro atoms. The smallest absolute Gasteiger partial charge is 0.330 e. The molecule has 0 bridgehead atoms. The topological polar surface area (TPSA) is 92.7 Å². The Kier molecular flexibility index (Phi) is 6.06. The maximum atomic E-state index is 12.3. The number of aromatic hydroxyl groups is 1. The van der Waals surface area contributed by atoms with Crippen LogP contribution in [-0.4, -0.2) is 26.1 Å². The molecule has 0 saturated heterocycles. The maximum Gasteiger partial charge on any atom is 0.330 e. The van der Waals surface area contributed by atoms with Crippen LogP contribution in [0.2, 0.25) is 5.02 Å². The lowest BCUT2D eigenvalue weighted by Gasteiger charge is -2.10. The molecule has 0 radical (unpaired) electrons. The Morgan fingerprint density at radius 2 is 1.92 bits per heavy atom. The van der Waals surface area contributed by atoms with Crippen LogP contribution in [0.1, 0.15) is 12.5 Å². The minimum atomic E-state index is -3.99. The van der Waals surface area contributed by atoms with Crippen LogP contribution in [-0.2, 0) is 19.6 Å². The first kappa shape index (κ1) is 18.8. The first-order valence-corrected chi connectivity index (χ1v) is 9.15. The summed E-state index contributed by atoms with van der Waals surface area (Å²) < 4.78 is 31.8. The highest BCUT2D eigenvalue weighted by molar-refractivity contribution is 7.92. The summed E-state index contributed by atoms with van der Waals surface area (Å²) in [5, 5.41) is 9.76. The van der Waals surface area contributed by atoms with Gasteiger partial charge < -0.3 is 9.84 Å². The van der Waals surface area contributed by atoms with Crippen LogP contribution < -0.4 is 4.72 Å². The molecule has 0 aliphatic rings. The molecule has 0 saturated carbocycles. The van der Waals surface area contributed by atoms with Gasteiger partial charge in [0.1, 0.15) is 4.90 Å². The Hall–Kier alpha value is -2.51. The van der Waals surface area contributed by atoms with Gasteiger partial charge >= 0.3 is 5.97 Å². The summed E-state index contributed by atoms with van der Waals surface area (Å²) in [6.07, 6.45) is 2.84. The molecule has 25 heavy (non-hydrogen) atoms. The van der Waals surface area contributed by atoms with Crippen LogP contribution in [0.15, 0.2) is 53.4 Å². The van der Waals surface area contributed by atoms with Crippen LogP contribution in [0.4, 0.5) is 5.69 Å². The molecule has 0 fully saturated rings. The van der Waals surface area contributed by atoms with Gasteiger partial charge in [-0.05, 0) is 42.8 Å². The van der Waals surface area contributed by atoms with Crippen molar-refractivity contribution in [2.45, 2.75) is 11.8 Å². The first-order valence-electron chi connectivity index (χ1n) is 7.28. The molecular formula is C17H16ClNO5S. The van der Waals surface area contributed by atoms with Gasteiger partial charge in [-0.2, -0.15) is 0 Å². The van der Waals surface area contributed by atoms with Crippen molar-refractivity contribution in [2.75, 3.05) is 11.3 Å². The summed E-state index contributed by atoms with van der Waals surface area (Å²) in [7, 11) is -3.99. The molecular weight excluding hydrogens is 366 g/mol. The number of hydrogen-bond acceptors (Lipinski definition) is 5. The number of halogens is 1. The molecule has 0 atom stereocenters. The van der Waals surface area contributed by atoms with E-state index in [9.17, 15) is 18.3 Å². The first-order chi connectivity index (χ1) is 11.8. The van der Waals surface area contributed by atoms with E-state index >= 15 is 0 Å². The molecule has 2 aromatic carbocycles. The SMILES string of the molecule is CCOC(=O)/C=C/c1ccc(NS(=O)(=O)c2cccc(Cl)c2O)cc1. The van der Waals surface area contributed by atoms with Crippen LogP contribution >= 0.6 is 11.6 Å². The van der Waals surface area contributed by atoms with Gasteiger partial charge in [0.2, 0.25) is 0 Å². The van der Waals surface area contributed by atoms with Gasteiger partial charge in [0.15, 0.2) is 5.75 Å². The number of carbonyl (C=O) groups excluding carboxylic acids is 1. The standard InChI is InChI=1S/C17H16ClNO5S/c1-2-24-16(20)11-8-12-6-9-13(10-7-12)19-25(22,23)15-5-3-4-14(18)17(15)21/h3-11,19,21H,2H2,1H3/b11-8+. The molecule has 0 unspecified atom stereocenters. The van der Waals surface area contributed by atoms with E-state index in [0.717, 1.165) is 0 Å². The molecule has 132 valence electrons. The van der Waals surface area contributed by atoms with E-state index in [0.29, 0.717) is 17.9 Å². The van der Waals surface area contributed by atoms with Crippen molar-refractivity contribution in [3.05, 3.63) is 59.1 Å². The van der Waals surface area contributed by atoms with Crippen molar-refractivity contribution in [1.82, 2.24) is 0 Å². The predicted molar refractivity (Wildman–Crippen MR) is 96.0 cm³/mol. The predicted octanol–water partition coefficient (Wildman–Crippen LogP) is 3.42. The molecule has 0 heterocycles. The number of para-hydroxylation sites is 1. The van der Waals surface area contributed by atoms with Crippen LogP contribution in [0, 0.1) is 0 Å². The Labute approximate surface area is 150 Å². The molecule has 2 aromatic rings. The third-order valence-electron chi connectivity index (χ3n) is 3.10. The van der Waals surface area contributed by atoms with Gasteiger partial charge in [-0.3, -0.25) is 4.72 Å². The van der Waals surface area contributed by atoms with E-state index in [2.05, 4.69) is 4.72 Å². The van der Waals surface area contributed by atoms with Gasteiger partial charge in [0.05, 0.1) is 11.6 Å². The lowest BCUT2D eigenvalue weighted by Crippen LogP contribution is -2.13. The number of hydrogen-bond donors (Lipinski definition) is 2. The number of phenolic OH excluding ortho intramolecular Hbond substituents is 1. The lowest BCUT2D eigenvalue weighted by atomic mass is 10.2. The minimum Gasteiger partial charge on any atom is -0.505 e. The van der Waals surface area contributed by atoms with Gasteiger partial charge in [-0.25, -0.2) is 13.2 Å². The van der Waals surface area contributed by atoms with Gasteiger partial charge in [-0.1, -0.05) is 29.8 Å². The highest BCUT2D eigenvalue weighted by Gasteiger charge is 2.20. The Morgan fingerprint density at radius 1 is 1.24 bits per heavy atom. The van der Waals surface area contributed by atoms with E-state index in [1.54, 1.807) is 25.1 Å². The zero-order valence-electron chi connectivity index (χ0n) is 13.3. The van der Waals surface area contributed by atoms with Gasteiger partial charge in [-0.15, -0.1) is 0 Å². The number of esters is 1. The molecule has 0 aromatic heterocycles. The van der Waals surface area contributed by atoms with Gasteiger partial charge in [0.25, 0.3) is 10.0 Å². The summed E-state index contributed by atoms with van der Waals surface area (Å²) in [5.41, 5.74) is 0.995. The van der Waals surface area contributed by atoms with Crippen molar-refractivity contribution in [1.29, 1.82) is 0 Å². The fourth-order valence-corrected chi connectivity index (χ4v) is 3.35. The number of phenols is 1. The normalized spacial score (nSPS) is 11.4. The second-order valence-corrected chi connectivity index (χ2v) is 6.96. The Bertz CT molecular complexity index is 892. The molecule has 0 amide bonds. The summed E-state index contributed by atoms with van der Waals surface area (Å²) in [6.45, 7) is 2.00. The fraction of sp³-hybridized carbons (Fsp3) is 0.118. The Balaban J connectivity index is 2.15. The average Bonchev–Trinajstić information content (AvgIpc) is 2.56. The lowest BCUT2D eigenvalue weighted by molar-refractivity contribution is -0.137. The largest absolute Gasteiger partial charge is 0.505 e. The number of carbonyl (C=O) groups is 1. The van der Waals surface area contributed by atoms with Crippen LogP contribution in [0.5, 0.6) is 5.75 Å². The zero-order chi connectivity index (χ0) is 18.4.